The number of anilines is 2. The summed E-state index contributed by atoms with van der Waals surface area (Å²) in [5.74, 6) is -0.850. The van der Waals surface area contributed by atoms with Crippen LogP contribution >= 0.6 is 0 Å². The number of fused-ring (bicyclic) bond motifs is 1. The highest BCUT2D eigenvalue weighted by molar-refractivity contribution is 5.93. The van der Waals surface area contributed by atoms with Crippen molar-refractivity contribution in [3.8, 4) is 11.1 Å². The maximum Gasteiger partial charge on any atom is 0.416 e. The first-order valence-corrected chi connectivity index (χ1v) is 11.5. The van der Waals surface area contributed by atoms with E-state index in [9.17, 15) is 27.6 Å². The van der Waals surface area contributed by atoms with Gasteiger partial charge in [-0.2, -0.15) is 13.2 Å². The molecule has 2 heterocycles. The molecule has 0 radical (unpaired) electrons. The Morgan fingerprint density at radius 1 is 1.13 bits per heavy atom. The van der Waals surface area contributed by atoms with Gasteiger partial charge in [0.2, 0.25) is 11.7 Å². The topological polar surface area (TPSA) is 121 Å². The van der Waals surface area contributed by atoms with Gasteiger partial charge in [-0.25, -0.2) is 9.78 Å². The minimum Gasteiger partial charge on any atom is -0.465 e. The molecule has 198 valence electrons. The first-order valence-electron chi connectivity index (χ1n) is 11.5. The van der Waals surface area contributed by atoms with Crippen LogP contribution in [-0.4, -0.2) is 32.9 Å². The molecule has 0 bridgehead atoms. The second kappa shape index (κ2) is 10.0. The van der Waals surface area contributed by atoms with Crippen molar-refractivity contribution >= 4 is 29.0 Å². The van der Waals surface area contributed by atoms with Crippen molar-refractivity contribution in [3.63, 3.8) is 0 Å². The minimum absolute atomic E-state index is 0.199. The molecule has 0 saturated carbocycles. The van der Waals surface area contributed by atoms with E-state index in [1.165, 1.54) is 46.5 Å². The molecule has 9 nitrogen and oxygen atoms in total. The molecule has 3 N–H and O–H groups in total. The third kappa shape index (κ3) is 4.97. The Bertz CT molecular complexity index is 1600. The summed E-state index contributed by atoms with van der Waals surface area (Å²) in [5, 5.41) is 2.56. The molecule has 0 aliphatic rings. The number of alkyl halides is 3. The van der Waals surface area contributed by atoms with E-state index in [1.807, 2.05) is 6.92 Å². The average Bonchev–Trinajstić information content (AvgIpc) is 3.18. The number of halogens is 3. The second-order valence-corrected chi connectivity index (χ2v) is 8.54. The minimum atomic E-state index is -4.48. The van der Waals surface area contributed by atoms with Crippen LogP contribution in [0.5, 0.6) is 0 Å². The standard InChI is InChI=1S/C26H24F3N5O4/c1-4-20-22(18-10-5-15(11-19(18)30)24(37)38-3)23(36)34-12-14(2)33(25(34)32-20)13-21(35)31-17-8-6-16(7-9-17)26(27,28)29/h5-12H,4,13,30H2,1-3H3,(H,31,35). The van der Waals surface area contributed by atoms with Crippen molar-refractivity contribution in [1.29, 1.82) is 0 Å². The summed E-state index contributed by atoms with van der Waals surface area (Å²) >= 11 is 0. The average molecular weight is 528 g/mol. The Labute approximate surface area is 214 Å². The SMILES string of the molecule is CCc1nc2n(CC(=O)Nc3ccc(C(F)(F)F)cc3)c(C)cn2c(=O)c1-c1ccc(C(=O)OC)cc1N. The molecule has 0 unspecified atom stereocenters. The highest BCUT2D eigenvalue weighted by Crippen LogP contribution is 2.30. The number of nitrogens with zero attached hydrogens (tertiary/aromatic N) is 3. The van der Waals surface area contributed by atoms with Crippen molar-refractivity contribution in [1.82, 2.24) is 14.0 Å². The summed E-state index contributed by atoms with van der Waals surface area (Å²) < 4.78 is 45.9. The maximum absolute atomic E-state index is 13.6. The predicted molar refractivity (Wildman–Crippen MR) is 135 cm³/mol. The van der Waals surface area contributed by atoms with Gasteiger partial charge in [-0.3, -0.25) is 14.0 Å². The molecular formula is C26H24F3N5O4. The zero-order valence-corrected chi connectivity index (χ0v) is 20.7. The molecule has 0 atom stereocenters. The van der Waals surface area contributed by atoms with E-state index in [-0.39, 0.29) is 34.8 Å². The van der Waals surface area contributed by atoms with Crippen molar-refractivity contribution in [2.75, 3.05) is 18.2 Å². The number of aromatic nitrogens is 3. The van der Waals surface area contributed by atoms with E-state index in [0.29, 0.717) is 23.4 Å². The lowest BCUT2D eigenvalue weighted by Crippen LogP contribution is -2.23. The fourth-order valence-electron chi connectivity index (χ4n) is 4.13. The van der Waals surface area contributed by atoms with Crippen LogP contribution in [-0.2, 0) is 28.7 Å². The van der Waals surface area contributed by atoms with Crippen molar-refractivity contribution in [3.05, 3.63) is 81.5 Å². The van der Waals surface area contributed by atoms with Crippen LogP contribution in [0.15, 0.2) is 53.5 Å². The number of carbonyl (C=O) groups excluding carboxylic acids is 2. The molecule has 1 amide bonds. The monoisotopic (exact) mass is 527 g/mol. The molecule has 0 spiro atoms. The molecule has 0 aliphatic carbocycles. The number of hydrogen-bond donors (Lipinski definition) is 2. The van der Waals surface area contributed by atoms with Gasteiger partial charge in [0.1, 0.15) is 6.54 Å². The van der Waals surface area contributed by atoms with Gasteiger partial charge in [0.15, 0.2) is 0 Å². The van der Waals surface area contributed by atoms with Crippen LogP contribution in [0.4, 0.5) is 24.5 Å². The van der Waals surface area contributed by atoms with Crippen molar-refractivity contribution < 1.29 is 27.5 Å². The molecule has 38 heavy (non-hydrogen) atoms. The third-order valence-electron chi connectivity index (χ3n) is 6.03. The quantitative estimate of drug-likeness (QED) is 0.288. The van der Waals surface area contributed by atoms with E-state index in [4.69, 9.17) is 10.5 Å². The van der Waals surface area contributed by atoms with Gasteiger partial charge < -0.3 is 20.4 Å². The molecule has 0 fully saturated rings. The summed E-state index contributed by atoms with van der Waals surface area (Å²) in [6.07, 6.45) is -2.56. The summed E-state index contributed by atoms with van der Waals surface area (Å²) in [6.45, 7) is 3.29. The van der Waals surface area contributed by atoms with Crippen LogP contribution in [0.2, 0.25) is 0 Å². The van der Waals surface area contributed by atoms with E-state index in [2.05, 4.69) is 10.3 Å². The summed E-state index contributed by atoms with van der Waals surface area (Å²) in [4.78, 5) is 42.8. The Hall–Kier alpha value is -4.61. The number of rotatable bonds is 6. The highest BCUT2D eigenvalue weighted by atomic mass is 19.4. The smallest absolute Gasteiger partial charge is 0.416 e. The van der Waals surface area contributed by atoms with Crippen LogP contribution in [0.1, 0.15) is 34.2 Å². The maximum atomic E-state index is 13.6. The number of methoxy groups -OCH3 is 1. The number of hydrogen-bond acceptors (Lipinski definition) is 6. The molecule has 4 aromatic rings. The second-order valence-electron chi connectivity index (χ2n) is 8.54. The lowest BCUT2D eigenvalue weighted by molar-refractivity contribution is -0.137. The number of imidazole rings is 1. The number of esters is 1. The van der Waals surface area contributed by atoms with Crippen LogP contribution in [0.25, 0.3) is 16.9 Å². The Morgan fingerprint density at radius 2 is 1.82 bits per heavy atom. The first kappa shape index (κ1) is 26.5. The van der Waals surface area contributed by atoms with Gasteiger partial charge in [-0.15, -0.1) is 0 Å². The Balaban J connectivity index is 1.69. The molecule has 0 saturated heterocycles. The number of nitrogens with two attached hydrogens (primary N) is 1. The van der Waals surface area contributed by atoms with E-state index >= 15 is 0 Å². The van der Waals surface area contributed by atoms with Crippen LogP contribution in [0.3, 0.4) is 0 Å². The fraction of sp³-hybridized carbons (Fsp3) is 0.231. The van der Waals surface area contributed by atoms with Gasteiger partial charge in [0, 0.05) is 28.8 Å². The van der Waals surface area contributed by atoms with Gasteiger partial charge in [0.05, 0.1) is 29.5 Å². The lowest BCUT2D eigenvalue weighted by atomic mass is 10.00. The number of ether oxygens (including phenoxy) is 1. The normalized spacial score (nSPS) is 11.5. The predicted octanol–water partition coefficient (Wildman–Crippen LogP) is 4.06. The summed E-state index contributed by atoms with van der Waals surface area (Å²) in [5.41, 5.74) is 7.27. The zero-order valence-electron chi connectivity index (χ0n) is 20.7. The molecule has 2 aromatic carbocycles. The highest BCUT2D eigenvalue weighted by Gasteiger charge is 2.30. The number of benzene rings is 2. The van der Waals surface area contributed by atoms with Crippen molar-refractivity contribution in [2.45, 2.75) is 33.0 Å². The summed E-state index contributed by atoms with van der Waals surface area (Å²) in [7, 11) is 1.25. The van der Waals surface area contributed by atoms with Gasteiger partial charge in [0.25, 0.3) is 5.56 Å². The van der Waals surface area contributed by atoms with E-state index in [0.717, 1.165) is 12.1 Å². The molecule has 4 rings (SSSR count). The number of aryl methyl sites for hydroxylation is 2. The lowest BCUT2D eigenvalue weighted by Gasteiger charge is -2.13. The largest absolute Gasteiger partial charge is 0.465 e. The number of amides is 1. The first-order chi connectivity index (χ1) is 17.9. The van der Waals surface area contributed by atoms with Crippen LogP contribution in [0, 0.1) is 6.92 Å². The molecule has 2 aromatic heterocycles. The van der Waals surface area contributed by atoms with Crippen LogP contribution < -0.4 is 16.6 Å². The zero-order chi connectivity index (χ0) is 27.8. The Morgan fingerprint density at radius 3 is 2.39 bits per heavy atom. The number of nitrogens with one attached hydrogen (secondary N) is 1. The van der Waals surface area contributed by atoms with Crippen molar-refractivity contribution in [2.24, 2.45) is 0 Å². The third-order valence-corrected chi connectivity index (χ3v) is 6.03. The van der Waals surface area contributed by atoms with E-state index in [1.54, 1.807) is 13.0 Å². The molecular weight excluding hydrogens is 503 g/mol. The summed E-state index contributed by atoms with van der Waals surface area (Å²) in [6, 6.07) is 8.59. The number of carbonyl (C=O) groups is 2. The van der Waals surface area contributed by atoms with E-state index < -0.39 is 29.2 Å². The molecule has 0 aliphatic heterocycles. The fourth-order valence-corrected chi connectivity index (χ4v) is 4.13. The van der Waals surface area contributed by atoms with Gasteiger partial charge in [-0.1, -0.05) is 13.0 Å². The van der Waals surface area contributed by atoms with Gasteiger partial charge in [-0.05, 0) is 49.7 Å². The Kier molecular flexibility index (Phi) is 6.99. The number of nitrogen functional groups attached to an aromatic ring is 1. The molecule has 12 heteroatoms. The van der Waals surface area contributed by atoms with Gasteiger partial charge >= 0.3 is 12.1 Å².